The number of hydrogen-bond acceptors (Lipinski definition) is 3. The van der Waals surface area contributed by atoms with Gasteiger partial charge in [-0.2, -0.15) is 0 Å². The summed E-state index contributed by atoms with van der Waals surface area (Å²) in [5.41, 5.74) is 3.24. The third-order valence-electron chi connectivity index (χ3n) is 3.18. The van der Waals surface area contributed by atoms with Gasteiger partial charge in [-0.3, -0.25) is 9.59 Å². The molecule has 1 aliphatic rings. The van der Waals surface area contributed by atoms with E-state index in [1.165, 1.54) is 0 Å². The van der Waals surface area contributed by atoms with Crippen molar-refractivity contribution < 1.29 is 14.7 Å². The Kier molecular flexibility index (Phi) is 6.37. The molecule has 1 heterocycles. The summed E-state index contributed by atoms with van der Waals surface area (Å²) < 4.78 is 0. The number of nitrogens with one attached hydrogen (secondary N) is 2. The summed E-state index contributed by atoms with van der Waals surface area (Å²) in [5, 5.41) is 14.7. The number of carbonyl (C=O) groups is 2. The molecule has 0 bridgehead atoms. The number of aliphatic hydroxyl groups is 1. The number of amides is 2. The largest absolute Gasteiger partial charge is 0.390 e. The minimum Gasteiger partial charge on any atom is -0.390 e. The van der Waals surface area contributed by atoms with Crippen LogP contribution in [0.5, 0.6) is 0 Å². The summed E-state index contributed by atoms with van der Waals surface area (Å²) >= 11 is 0. The fraction of sp³-hybridized carbons (Fsp3) is 0.500. The Morgan fingerprint density at radius 2 is 1.86 bits per heavy atom. The lowest BCUT2D eigenvalue weighted by atomic mass is 10.0. The van der Waals surface area contributed by atoms with Crippen LogP contribution in [-0.2, 0) is 16.1 Å². The van der Waals surface area contributed by atoms with E-state index in [1.54, 1.807) is 0 Å². The molecule has 2 amide bonds. The lowest BCUT2D eigenvalue weighted by molar-refractivity contribution is -0.135. The van der Waals surface area contributed by atoms with Crippen molar-refractivity contribution in [2.24, 2.45) is 5.92 Å². The number of benzene rings is 1. The Morgan fingerprint density at radius 1 is 1.29 bits per heavy atom. The third-order valence-corrected chi connectivity index (χ3v) is 3.18. The first-order chi connectivity index (χ1) is 9.97. The zero-order valence-electron chi connectivity index (χ0n) is 13.1. The summed E-state index contributed by atoms with van der Waals surface area (Å²) in [6.45, 7) is 8.48. The van der Waals surface area contributed by atoms with E-state index in [9.17, 15) is 14.7 Å². The van der Waals surface area contributed by atoms with Gasteiger partial charge >= 0.3 is 0 Å². The molecule has 116 valence electrons. The molecular weight excluding hydrogens is 268 g/mol. The molecule has 1 fully saturated rings. The predicted octanol–water partition coefficient (Wildman–Crippen LogP) is 1.05. The van der Waals surface area contributed by atoms with Crippen molar-refractivity contribution in [3.8, 4) is 0 Å². The monoisotopic (exact) mass is 292 g/mol. The van der Waals surface area contributed by atoms with Crippen molar-refractivity contribution in [3.63, 3.8) is 0 Å². The Morgan fingerprint density at radius 3 is 2.33 bits per heavy atom. The highest BCUT2D eigenvalue weighted by molar-refractivity contribution is 6.02. The van der Waals surface area contributed by atoms with Crippen molar-refractivity contribution >= 4 is 11.8 Å². The average molecular weight is 292 g/mol. The minimum atomic E-state index is -0.995. The topological polar surface area (TPSA) is 78.4 Å². The highest BCUT2D eigenvalue weighted by atomic mass is 16.3. The maximum atomic E-state index is 11.9. The van der Waals surface area contributed by atoms with E-state index in [0.717, 1.165) is 16.7 Å². The Bertz CT molecular complexity index is 494. The molecule has 1 aliphatic heterocycles. The SMILES string of the molecule is CC.Cc1cc(C)cc(CNC(=O)C2C(=O)NCC2O)c1. The number of hydrogen-bond donors (Lipinski definition) is 3. The van der Waals surface area contributed by atoms with Crippen molar-refractivity contribution in [1.82, 2.24) is 10.6 Å². The van der Waals surface area contributed by atoms with Crippen LogP contribution in [0.3, 0.4) is 0 Å². The van der Waals surface area contributed by atoms with Gasteiger partial charge in [-0.1, -0.05) is 43.2 Å². The lowest BCUT2D eigenvalue weighted by Gasteiger charge is -2.12. The average Bonchev–Trinajstić information content (AvgIpc) is 2.77. The summed E-state index contributed by atoms with van der Waals surface area (Å²) in [6.07, 6.45) is -0.938. The van der Waals surface area contributed by atoms with Crippen LogP contribution in [0.25, 0.3) is 0 Å². The van der Waals surface area contributed by atoms with Crippen molar-refractivity contribution in [2.45, 2.75) is 40.3 Å². The summed E-state index contributed by atoms with van der Waals surface area (Å²) in [5.74, 6) is -1.84. The molecule has 1 aromatic carbocycles. The summed E-state index contributed by atoms with van der Waals surface area (Å²) in [6, 6.07) is 6.02. The second kappa shape index (κ2) is 7.78. The van der Waals surface area contributed by atoms with Crippen molar-refractivity contribution in [2.75, 3.05) is 6.54 Å². The molecular formula is C16H24N2O3. The first-order valence-corrected chi connectivity index (χ1v) is 7.28. The molecule has 0 aromatic heterocycles. The fourth-order valence-electron chi connectivity index (χ4n) is 2.37. The Hall–Kier alpha value is -1.88. The molecule has 0 aliphatic carbocycles. The first-order valence-electron chi connectivity index (χ1n) is 7.28. The van der Waals surface area contributed by atoms with Gasteiger partial charge in [-0.15, -0.1) is 0 Å². The van der Waals surface area contributed by atoms with Crippen LogP contribution in [0.2, 0.25) is 0 Å². The van der Waals surface area contributed by atoms with E-state index in [4.69, 9.17) is 0 Å². The van der Waals surface area contributed by atoms with Gasteiger partial charge in [-0.05, 0) is 19.4 Å². The molecule has 0 spiro atoms. The molecule has 5 heteroatoms. The zero-order chi connectivity index (χ0) is 16.0. The van der Waals surface area contributed by atoms with Crippen LogP contribution in [0.1, 0.15) is 30.5 Å². The van der Waals surface area contributed by atoms with Gasteiger partial charge in [0, 0.05) is 13.1 Å². The van der Waals surface area contributed by atoms with Gasteiger partial charge in [0.05, 0.1) is 6.10 Å². The summed E-state index contributed by atoms with van der Waals surface area (Å²) in [4.78, 5) is 23.3. The van der Waals surface area contributed by atoms with Gasteiger partial charge in [-0.25, -0.2) is 0 Å². The second-order valence-electron chi connectivity index (χ2n) is 5.00. The number of aryl methyl sites for hydroxylation is 2. The number of carbonyl (C=O) groups excluding carboxylic acids is 2. The maximum Gasteiger partial charge on any atom is 0.235 e. The highest BCUT2D eigenvalue weighted by Crippen LogP contribution is 2.12. The van der Waals surface area contributed by atoms with Gasteiger partial charge in [0.15, 0.2) is 0 Å². The standard InChI is InChI=1S/C14H18N2O3.C2H6/c1-8-3-9(2)5-10(4-8)6-15-13(18)12-11(17)7-16-14(12)19;1-2/h3-5,11-12,17H,6-7H2,1-2H3,(H,15,18)(H,16,19);1-2H3. The van der Waals surface area contributed by atoms with Crippen LogP contribution >= 0.6 is 0 Å². The van der Waals surface area contributed by atoms with Crippen LogP contribution in [0, 0.1) is 19.8 Å². The fourth-order valence-corrected chi connectivity index (χ4v) is 2.37. The van der Waals surface area contributed by atoms with Gasteiger partial charge in [0.25, 0.3) is 0 Å². The number of aliphatic hydroxyl groups excluding tert-OH is 1. The quantitative estimate of drug-likeness (QED) is 0.729. The van der Waals surface area contributed by atoms with E-state index in [-0.39, 0.29) is 6.54 Å². The normalized spacial score (nSPS) is 20.3. The van der Waals surface area contributed by atoms with Crippen LogP contribution in [0.15, 0.2) is 18.2 Å². The van der Waals surface area contributed by atoms with Gasteiger partial charge in [0.2, 0.25) is 11.8 Å². The van der Waals surface area contributed by atoms with Gasteiger partial charge in [0.1, 0.15) is 5.92 Å². The molecule has 2 unspecified atom stereocenters. The third kappa shape index (κ3) is 4.56. The number of β-amino-alcohol motifs (C(OH)–C–C–N with tert-alkyl or cyclic N) is 1. The molecule has 2 atom stereocenters. The van der Waals surface area contributed by atoms with E-state index < -0.39 is 23.8 Å². The summed E-state index contributed by atoms with van der Waals surface area (Å²) in [7, 11) is 0. The van der Waals surface area contributed by atoms with E-state index in [0.29, 0.717) is 6.54 Å². The Balaban J connectivity index is 0.00000106. The van der Waals surface area contributed by atoms with E-state index in [1.807, 2.05) is 39.8 Å². The highest BCUT2D eigenvalue weighted by Gasteiger charge is 2.38. The van der Waals surface area contributed by atoms with E-state index in [2.05, 4.69) is 16.7 Å². The smallest absolute Gasteiger partial charge is 0.235 e. The molecule has 21 heavy (non-hydrogen) atoms. The zero-order valence-corrected chi connectivity index (χ0v) is 13.1. The molecule has 1 aromatic rings. The molecule has 0 radical (unpaired) electrons. The predicted molar refractivity (Wildman–Crippen MR) is 81.6 cm³/mol. The minimum absolute atomic E-state index is 0.139. The molecule has 1 saturated heterocycles. The second-order valence-corrected chi connectivity index (χ2v) is 5.00. The lowest BCUT2D eigenvalue weighted by Crippen LogP contribution is -2.39. The molecule has 5 nitrogen and oxygen atoms in total. The number of rotatable bonds is 3. The van der Waals surface area contributed by atoms with Crippen LogP contribution in [-0.4, -0.2) is 29.6 Å². The molecule has 0 saturated carbocycles. The first kappa shape index (κ1) is 17.2. The molecule has 3 N–H and O–H groups in total. The van der Waals surface area contributed by atoms with Crippen LogP contribution < -0.4 is 10.6 Å². The van der Waals surface area contributed by atoms with Crippen molar-refractivity contribution in [3.05, 3.63) is 34.9 Å². The maximum absolute atomic E-state index is 11.9. The van der Waals surface area contributed by atoms with E-state index >= 15 is 0 Å². The Labute approximate surface area is 125 Å². The van der Waals surface area contributed by atoms with Crippen molar-refractivity contribution in [1.29, 1.82) is 0 Å². The molecule has 2 rings (SSSR count). The van der Waals surface area contributed by atoms with Gasteiger partial charge < -0.3 is 15.7 Å². The van der Waals surface area contributed by atoms with Crippen LogP contribution in [0.4, 0.5) is 0 Å².